The van der Waals surface area contributed by atoms with E-state index in [0.717, 1.165) is 12.2 Å². The van der Waals surface area contributed by atoms with Crippen molar-refractivity contribution >= 4 is 14.3 Å². The molecular weight excluding hydrogens is 273 g/mol. The lowest BCUT2D eigenvalue weighted by Gasteiger charge is -2.21. The molecule has 112 valence electrons. The van der Waals surface area contributed by atoms with E-state index >= 15 is 0 Å². The minimum absolute atomic E-state index is 0.0483. The van der Waals surface area contributed by atoms with Gasteiger partial charge in [0, 0.05) is 6.66 Å². The van der Waals surface area contributed by atoms with Crippen LogP contribution in [0.3, 0.4) is 0 Å². The van der Waals surface area contributed by atoms with Crippen molar-refractivity contribution in [1.82, 2.24) is 5.09 Å². The molecule has 0 aromatic heterocycles. The predicted octanol–water partition coefficient (Wildman–Crippen LogP) is 3.64. The average Bonchev–Trinajstić information content (AvgIpc) is 2.41. The average molecular weight is 297 g/mol. The van der Waals surface area contributed by atoms with Gasteiger partial charge in [0.2, 0.25) is 0 Å². The summed E-state index contributed by atoms with van der Waals surface area (Å²) in [7, 11) is -0.918. The van der Waals surface area contributed by atoms with Crippen LogP contribution in [0.25, 0.3) is 0 Å². The summed E-state index contributed by atoms with van der Waals surface area (Å²) in [6, 6.07) is 7.49. The molecule has 5 heteroatoms. The van der Waals surface area contributed by atoms with Gasteiger partial charge in [-0.1, -0.05) is 24.6 Å². The smallest absolute Gasteiger partial charge is 0.323 e. The van der Waals surface area contributed by atoms with Gasteiger partial charge in [0.1, 0.15) is 11.8 Å². The van der Waals surface area contributed by atoms with Crippen molar-refractivity contribution in [3.8, 4) is 5.75 Å². The lowest BCUT2D eigenvalue weighted by Crippen LogP contribution is -2.34. The molecule has 1 rings (SSSR count). The van der Waals surface area contributed by atoms with Crippen LogP contribution >= 0.6 is 8.30 Å². The topological polar surface area (TPSA) is 47.6 Å². The Balaban J connectivity index is 2.43. The number of aryl methyl sites for hydroxylation is 1. The van der Waals surface area contributed by atoms with E-state index in [1.165, 1.54) is 5.56 Å². The number of esters is 1. The number of carbonyl (C=O) groups is 1. The van der Waals surface area contributed by atoms with E-state index in [0.29, 0.717) is 0 Å². The molecule has 0 aliphatic carbocycles. The molecule has 0 saturated carbocycles. The van der Waals surface area contributed by atoms with E-state index in [4.69, 9.17) is 9.26 Å². The maximum Gasteiger partial charge on any atom is 0.323 e. The first kappa shape index (κ1) is 16.9. The molecule has 3 atom stereocenters. The summed E-state index contributed by atoms with van der Waals surface area (Å²) < 4.78 is 11.0. The third kappa shape index (κ3) is 5.89. The van der Waals surface area contributed by atoms with Crippen LogP contribution in [0.4, 0.5) is 0 Å². The maximum atomic E-state index is 11.8. The monoisotopic (exact) mass is 297 g/mol. The molecule has 0 heterocycles. The molecule has 1 aromatic carbocycles. The second kappa shape index (κ2) is 8.23. The lowest BCUT2D eigenvalue weighted by molar-refractivity contribution is -0.149. The molecular formula is C15H24NO3P. The van der Waals surface area contributed by atoms with Crippen LogP contribution in [0.5, 0.6) is 5.75 Å². The zero-order valence-corrected chi connectivity index (χ0v) is 13.7. The zero-order valence-electron chi connectivity index (χ0n) is 12.8. The fourth-order valence-electron chi connectivity index (χ4n) is 1.49. The Morgan fingerprint density at radius 3 is 2.45 bits per heavy atom. The molecule has 0 aliphatic rings. The fraction of sp³-hybridized carbons (Fsp3) is 0.533. The van der Waals surface area contributed by atoms with Gasteiger partial charge in [0.05, 0.1) is 6.10 Å². The fourth-order valence-corrected chi connectivity index (χ4v) is 2.63. The number of rotatable bonds is 7. The summed E-state index contributed by atoms with van der Waals surface area (Å²) >= 11 is 0. The first-order chi connectivity index (χ1) is 9.42. The SMILES string of the molecule is CCC(C)OC(=O)[C@H](C)NP(C)Oc1ccc(C)cc1. The van der Waals surface area contributed by atoms with Crippen molar-refractivity contribution in [2.75, 3.05) is 6.66 Å². The Labute approximate surface area is 122 Å². The minimum atomic E-state index is -0.918. The van der Waals surface area contributed by atoms with Gasteiger partial charge in [-0.3, -0.25) is 9.88 Å². The van der Waals surface area contributed by atoms with Crippen molar-refractivity contribution in [1.29, 1.82) is 0 Å². The van der Waals surface area contributed by atoms with Gasteiger partial charge in [0.25, 0.3) is 0 Å². The van der Waals surface area contributed by atoms with Gasteiger partial charge >= 0.3 is 5.97 Å². The Morgan fingerprint density at radius 1 is 1.30 bits per heavy atom. The van der Waals surface area contributed by atoms with Crippen LogP contribution in [0.15, 0.2) is 24.3 Å². The highest BCUT2D eigenvalue weighted by molar-refractivity contribution is 7.49. The molecule has 20 heavy (non-hydrogen) atoms. The van der Waals surface area contributed by atoms with Crippen LogP contribution in [-0.4, -0.2) is 24.8 Å². The van der Waals surface area contributed by atoms with Crippen LogP contribution in [-0.2, 0) is 9.53 Å². The summed E-state index contributed by atoms with van der Waals surface area (Å²) in [6.07, 6.45) is 0.770. The summed E-state index contributed by atoms with van der Waals surface area (Å²) in [6.45, 7) is 9.64. The van der Waals surface area contributed by atoms with E-state index in [1.807, 2.05) is 51.7 Å². The summed E-state index contributed by atoms with van der Waals surface area (Å²) in [5, 5.41) is 3.14. The van der Waals surface area contributed by atoms with Gasteiger partial charge in [-0.15, -0.1) is 0 Å². The molecule has 1 N–H and O–H groups in total. The number of carbonyl (C=O) groups excluding carboxylic acids is 1. The van der Waals surface area contributed by atoms with E-state index in [1.54, 1.807) is 6.92 Å². The Bertz CT molecular complexity index is 422. The largest absolute Gasteiger partial charge is 0.462 e. The Hall–Kier alpha value is -1.12. The second-order valence-corrected chi connectivity index (χ2v) is 6.34. The first-order valence-electron chi connectivity index (χ1n) is 6.87. The van der Waals surface area contributed by atoms with Crippen molar-refractivity contribution in [2.24, 2.45) is 0 Å². The summed E-state index contributed by atoms with van der Waals surface area (Å²) in [4.78, 5) is 11.8. The molecule has 0 aliphatic heterocycles. The van der Waals surface area contributed by atoms with Crippen LogP contribution < -0.4 is 9.61 Å². The van der Waals surface area contributed by atoms with E-state index < -0.39 is 8.30 Å². The molecule has 2 unspecified atom stereocenters. The second-order valence-electron chi connectivity index (χ2n) is 4.91. The van der Waals surface area contributed by atoms with Crippen molar-refractivity contribution < 1.29 is 14.1 Å². The third-order valence-corrected chi connectivity index (χ3v) is 4.12. The molecule has 0 bridgehead atoms. The number of hydrogen-bond donors (Lipinski definition) is 1. The lowest BCUT2D eigenvalue weighted by atomic mass is 10.2. The number of ether oxygens (including phenoxy) is 1. The van der Waals surface area contributed by atoms with Crippen molar-refractivity contribution in [2.45, 2.75) is 46.3 Å². The third-order valence-electron chi connectivity index (χ3n) is 2.88. The van der Waals surface area contributed by atoms with Crippen molar-refractivity contribution in [3.63, 3.8) is 0 Å². The maximum absolute atomic E-state index is 11.8. The van der Waals surface area contributed by atoms with Gasteiger partial charge < -0.3 is 9.26 Å². The quantitative estimate of drug-likeness (QED) is 0.616. The normalized spacial score (nSPS) is 15.2. The van der Waals surface area contributed by atoms with Crippen molar-refractivity contribution in [3.05, 3.63) is 29.8 Å². The van der Waals surface area contributed by atoms with Crippen LogP contribution in [0.2, 0.25) is 0 Å². The van der Waals surface area contributed by atoms with Crippen LogP contribution in [0.1, 0.15) is 32.8 Å². The molecule has 0 amide bonds. The highest BCUT2D eigenvalue weighted by Gasteiger charge is 2.19. The molecule has 1 aromatic rings. The molecule has 0 saturated heterocycles. The number of benzene rings is 1. The first-order valence-corrected chi connectivity index (χ1v) is 8.58. The summed E-state index contributed by atoms with van der Waals surface area (Å²) in [5.41, 5.74) is 1.19. The molecule has 0 fully saturated rings. The highest BCUT2D eigenvalue weighted by Crippen LogP contribution is 2.30. The number of hydrogen-bond acceptors (Lipinski definition) is 4. The van der Waals surface area contributed by atoms with E-state index in [-0.39, 0.29) is 18.1 Å². The van der Waals surface area contributed by atoms with E-state index in [9.17, 15) is 4.79 Å². The number of nitrogens with one attached hydrogen (secondary N) is 1. The minimum Gasteiger partial charge on any atom is -0.462 e. The zero-order chi connectivity index (χ0) is 15.1. The standard InChI is InChI=1S/C15H24NO3P/c1-6-12(3)18-15(17)13(4)16-20(5)19-14-9-7-11(2)8-10-14/h7-10,12-13,16H,6H2,1-5H3/t12?,13-,20?/m0/s1. The summed E-state index contributed by atoms with van der Waals surface area (Å²) in [5.74, 6) is 0.570. The molecule has 0 radical (unpaired) electrons. The van der Waals surface area contributed by atoms with Gasteiger partial charge in [0.15, 0.2) is 8.30 Å². The molecule has 0 spiro atoms. The van der Waals surface area contributed by atoms with Gasteiger partial charge in [-0.25, -0.2) is 0 Å². The Kier molecular flexibility index (Phi) is 6.97. The van der Waals surface area contributed by atoms with Gasteiger partial charge in [-0.05, 0) is 39.3 Å². The van der Waals surface area contributed by atoms with Crippen LogP contribution in [0, 0.1) is 6.92 Å². The highest BCUT2D eigenvalue weighted by atomic mass is 31.2. The Morgan fingerprint density at radius 2 is 1.90 bits per heavy atom. The van der Waals surface area contributed by atoms with E-state index in [2.05, 4.69) is 5.09 Å². The molecule has 4 nitrogen and oxygen atoms in total. The predicted molar refractivity (Wildman–Crippen MR) is 83.1 cm³/mol. The van der Waals surface area contributed by atoms with Gasteiger partial charge in [-0.2, -0.15) is 0 Å².